The number of benzene rings is 2. The lowest BCUT2D eigenvalue weighted by molar-refractivity contribution is -0.139. The van der Waals surface area contributed by atoms with E-state index in [0.717, 1.165) is 24.0 Å². The fourth-order valence-electron chi connectivity index (χ4n) is 6.16. The highest BCUT2D eigenvalue weighted by Crippen LogP contribution is 2.38. The fraction of sp³-hybridized carbons (Fsp3) is 0.545. The molecule has 2 fully saturated rings. The maximum atomic E-state index is 13.7. The molecule has 0 aromatic heterocycles. The van der Waals surface area contributed by atoms with E-state index in [1.165, 1.54) is 26.2 Å². The maximum Gasteiger partial charge on any atom is 0.243 e. The normalized spacial score (nSPS) is 20.4. The van der Waals surface area contributed by atoms with Crippen LogP contribution in [-0.2, 0) is 20.8 Å². The number of carbonyl (C=O) groups is 3. The van der Waals surface area contributed by atoms with Gasteiger partial charge in [-0.1, -0.05) is 76.3 Å². The van der Waals surface area contributed by atoms with Gasteiger partial charge in [0.05, 0.1) is 13.2 Å². The monoisotopic (exact) mass is 565 g/mol. The van der Waals surface area contributed by atoms with Crippen molar-refractivity contribution in [3.8, 4) is 11.5 Å². The van der Waals surface area contributed by atoms with E-state index < -0.39 is 18.1 Å². The number of phenolic OH excluding ortho intramolecular Hbond substituents is 1. The minimum atomic E-state index is -0.719. The summed E-state index contributed by atoms with van der Waals surface area (Å²) in [5, 5.41) is 12.5. The number of rotatable bonds is 10. The number of aromatic hydroxyl groups is 1. The summed E-state index contributed by atoms with van der Waals surface area (Å²) in [6, 6.07) is 12.1. The summed E-state index contributed by atoms with van der Waals surface area (Å²) in [5.74, 6) is 0.899. The van der Waals surface area contributed by atoms with Gasteiger partial charge in [-0.25, -0.2) is 0 Å². The molecule has 8 nitrogen and oxygen atoms in total. The van der Waals surface area contributed by atoms with E-state index in [2.05, 4.69) is 5.32 Å². The van der Waals surface area contributed by atoms with Crippen LogP contribution in [0.2, 0.25) is 0 Å². The van der Waals surface area contributed by atoms with Crippen LogP contribution in [0.5, 0.6) is 11.5 Å². The average molecular weight is 566 g/mol. The number of hydrogen-bond acceptors (Lipinski definition) is 6. The smallest absolute Gasteiger partial charge is 0.243 e. The number of nitrogens with zero attached hydrogens (tertiary/aromatic N) is 1. The molecule has 2 aromatic rings. The first-order valence-electron chi connectivity index (χ1n) is 15.0. The van der Waals surface area contributed by atoms with Crippen LogP contribution in [0.3, 0.4) is 0 Å². The summed E-state index contributed by atoms with van der Waals surface area (Å²) in [7, 11) is 1.58. The number of hydrogen-bond donors (Lipinski definition) is 3. The number of Topliss-reactive ketones (excluding diaryl/α,β-unsaturated/α-hetero) is 1. The Kier molecular flexibility index (Phi) is 12.2. The minimum Gasteiger partial charge on any atom is -0.508 e. The molecule has 1 unspecified atom stereocenters. The molecule has 0 spiro atoms. The van der Waals surface area contributed by atoms with E-state index in [0.29, 0.717) is 31.1 Å². The molecule has 1 saturated heterocycles. The molecule has 1 aliphatic carbocycles. The Bertz CT molecular complexity index is 1150. The minimum absolute atomic E-state index is 0.0607. The summed E-state index contributed by atoms with van der Waals surface area (Å²) < 4.78 is 5.44. The van der Waals surface area contributed by atoms with E-state index in [1.807, 2.05) is 38.1 Å². The molecular weight excluding hydrogens is 518 g/mol. The van der Waals surface area contributed by atoms with Crippen molar-refractivity contribution in [2.24, 2.45) is 17.6 Å². The molecule has 8 heteroatoms. The first-order valence-corrected chi connectivity index (χ1v) is 15.0. The molecule has 1 aliphatic heterocycles. The number of ketones is 1. The second kappa shape index (κ2) is 15.6. The number of ether oxygens (including phenoxy) is 1. The third kappa shape index (κ3) is 8.55. The van der Waals surface area contributed by atoms with E-state index in [4.69, 9.17) is 10.5 Å². The van der Waals surface area contributed by atoms with Gasteiger partial charge in [-0.3, -0.25) is 14.4 Å². The SMILES string of the molecule is CC.COc1ccccc1[C@@H](N)CC(=O)N1CC(C2CCCCC2)C[C@H]1C(=O)N[C@@H](Cc1ccc(O)cc1)C(C)=O. The highest BCUT2D eigenvalue weighted by atomic mass is 16.5. The average Bonchev–Trinajstić information content (AvgIpc) is 3.45. The number of methoxy groups -OCH3 is 1. The van der Waals surface area contributed by atoms with Gasteiger partial charge in [-0.05, 0) is 55.4 Å². The molecule has 4 rings (SSSR count). The van der Waals surface area contributed by atoms with Crippen molar-refractivity contribution in [2.75, 3.05) is 13.7 Å². The zero-order chi connectivity index (χ0) is 29.9. The Morgan fingerprint density at radius 3 is 2.32 bits per heavy atom. The van der Waals surface area contributed by atoms with E-state index in [1.54, 1.807) is 36.3 Å². The van der Waals surface area contributed by atoms with Crippen molar-refractivity contribution < 1.29 is 24.2 Å². The van der Waals surface area contributed by atoms with Gasteiger partial charge >= 0.3 is 0 Å². The lowest BCUT2D eigenvalue weighted by Gasteiger charge is -2.28. The number of likely N-dealkylation sites (tertiary alicyclic amines) is 1. The summed E-state index contributed by atoms with van der Waals surface area (Å²) in [4.78, 5) is 41.5. The molecule has 4 atom stereocenters. The molecule has 224 valence electrons. The molecule has 0 bridgehead atoms. The van der Waals surface area contributed by atoms with Crippen LogP contribution >= 0.6 is 0 Å². The third-order valence-electron chi connectivity index (χ3n) is 8.39. The number of phenols is 1. The third-order valence-corrected chi connectivity index (χ3v) is 8.39. The highest BCUT2D eigenvalue weighted by Gasteiger charge is 2.43. The van der Waals surface area contributed by atoms with Crippen molar-refractivity contribution in [1.82, 2.24) is 10.2 Å². The van der Waals surface area contributed by atoms with Gasteiger partial charge < -0.3 is 25.8 Å². The molecule has 2 amide bonds. The zero-order valence-electron chi connectivity index (χ0n) is 25.0. The van der Waals surface area contributed by atoms with Gasteiger partial charge in [0.1, 0.15) is 17.5 Å². The van der Waals surface area contributed by atoms with E-state index in [9.17, 15) is 19.5 Å². The standard InChI is InChI=1S/C31H41N3O5.C2H6/c1-20(35)27(16-21-12-14-24(36)15-13-21)33-31(38)28-17-23(22-8-4-3-5-9-22)19-34(28)30(37)18-26(32)25-10-6-7-11-29(25)39-2;1-2/h6-7,10-15,22-23,26-28,36H,3-5,8-9,16-19,32H2,1-2H3,(H,33,38);1-2H3/t23?,26-,27-,28-;/m0./s1. The lowest BCUT2D eigenvalue weighted by Crippen LogP contribution is -2.51. The fourth-order valence-corrected chi connectivity index (χ4v) is 6.16. The quantitative estimate of drug-likeness (QED) is 0.376. The Labute approximate surface area is 244 Å². The summed E-state index contributed by atoms with van der Waals surface area (Å²) in [6.07, 6.45) is 6.82. The van der Waals surface area contributed by atoms with Crippen LogP contribution in [0.1, 0.15) is 82.9 Å². The summed E-state index contributed by atoms with van der Waals surface area (Å²) in [5.41, 5.74) is 8.05. The Hall–Kier alpha value is -3.39. The summed E-state index contributed by atoms with van der Waals surface area (Å²) >= 11 is 0. The number of carbonyl (C=O) groups excluding carboxylic acids is 3. The highest BCUT2D eigenvalue weighted by molar-refractivity contribution is 5.92. The van der Waals surface area contributed by atoms with Crippen LogP contribution in [-0.4, -0.2) is 53.3 Å². The number of nitrogens with one attached hydrogen (secondary N) is 1. The van der Waals surface area contributed by atoms with Crippen LogP contribution in [0.4, 0.5) is 0 Å². The van der Waals surface area contributed by atoms with Gasteiger partial charge in [0.2, 0.25) is 11.8 Å². The number of para-hydroxylation sites is 1. The van der Waals surface area contributed by atoms with Gasteiger partial charge in [-0.15, -0.1) is 0 Å². The van der Waals surface area contributed by atoms with Crippen LogP contribution in [0.25, 0.3) is 0 Å². The largest absolute Gasteiger partial charge is 0.508 e. The second-order valence-corrected chi connectivity index (χ2v) is 11.1. The first kappa shape index (κ1) is 32.1. The van der Waals surface area contributed by atoms with Gasteiger partial charge in [0.25, 0.3) is 0 Å². The molecule has 2 aliphatic rings. The van der Waals surface area contributed by atoms with Gasteiger partial charge in [0.15, 0.2) is 5.78 Å². The lowest BCUT2D eigenvalue weighted by atomic mass is 9.79. The topological polar surface area (TPSA) is 122 Å². The van der Waals surface area contributed by atoms with Gasteiger partial charge in [0, 0.05) is 24.6 Å². The van der Waals surface area contributed by atoms with Crippen molar-refractivity contribution in [3.05, 3.63) is 59.7 Å². The van der Waals surface area contributed by atoms with Crippen molar-refractivity contribution in [1.29, 1.82) is 0 Å². The Balaban J connectivity index is 0.00000226. The van der Waals surface area contributed by atoms with Crippen LogP contribution < -0.4 is 15.8 Å². The Morgan fingerprint density at radius 2 is 1.68 bits per heavy atom. The maximum absolute atomic E-state index is 13.7. The van der Waals surface area contributed by atoms with E-state index in [-0.39, 0.29) is 35.7 Å². The summed E-state index contributed by atoms with van der Waals surface area (Å²) in [6.45, 7) is 5.99. The van der Waals surface area contributed by atoms with Gasteiger partial charge in [-0.2, -0.15) is 0 Å². The van der Waals surface area contributed by atoms with Crippen molar-refractivity contribution >= 4 is 17.6 Å². The van der Waals surface area contributed by atoms with Crippen molar-refractivity contribution in [3.63, 3.8) is 0 Å². The molecular formula is C33H47N3O5. The van der Waals surface area contributed by atoms with Crippen molar-refractivity contribution in [2.45, 2.75) is 90.3 Å². The molecule has 41 heavy (non-hydrogen) atoms. The second-order valence-electron chi connectivity index (χ2n) is 11.1. The molecule has 1 heterocycles. The van der Waals surface area contributed by atoms with Crippen LogP contribution in [0, 0.1) is 11.8 Å². The molecule has 2 aromatic carbocycles. The zero-order valence-corrected chi connectivity index (χ0v) is 25.0. The van der Waals surface area contributed by atoms with E-state index >= 15 is 0 Å². The molecule has 1 saturated carbocycles. The number of amides is 2. The molecule has 4 N–H and O–H groups in total. The Morgan fingerprint density at radius 1 is 1.02 bits per heavy atom. The molecule has 0 radical (unpaired) electrons. The predicted molar refractivity (Wildman–Crippen MR) is 160 cm³/mol. The van der Waals surface area contributed by atoms with Crippen LogP contribution in [0.15, 0.2) is 48.5 Å². The first-order chi connectivity index (χ1) is 19.8. The number of nitrogens with two attached hydrogens (primary N) is 1. The predicted octanol–water partition coefficient (Wildman–Crippen LogP) is 4.93.